The second-order valence-corrected chi connectivity index (χ2v) is 8.33. The van der Waals surface area contributed by atoms with Gasteiger partial charge in [-0.25, -0.2) is 9.37 Å². The number of fused-ring (bicyclic) bond motifs is 1. The zero-order valence-corrected chi connectivity index (χ0v) is 16.7. The van der Waals surface area contributed by atoms with Crippen LogP contribution in [0.1, 0.15) is 39.5 Å². The lowest BCUT2D eigenvalue weighted by molar-refractivity contribution is 0.0500. The maximum atomic E-state index is 14.4. The number of hydrogen-bond acceptors (Lipinski definition) is 6. The first-order valence-electron chi connectivity index (χ1n) is 9.91. The molecule has 2 aliphatic heterocycles. The summed E-state index contributed by atoms with van der Waals surface area (Å²) in [5, 5.41) is 6.47. The van der Waals surface area contributed by atoms with Crippen molar-refractivity contribution in [1.82, 2.24) is 14.9 Å². The van der Waals surface area contributed by atoms with Gasteiger partial charge in [-0.3, -0.25) is 4.90 Å². The lowest BCUT2D eigenvalue weighted by atomic mass is 9.84. The number of nitrogens with zero attached hydrogens (tertiary/aromatic N) is 3. The van der Waals surface area contributed by atoms with Gasteiger partial charge in [-0.2, -0.15) is 4.98 Å². The molecule has 7 heteroatoms. The van der Waals surface area contributed by atoms with E-state index in [4.69, 9.17) is 4.74 Å². The summed E-state index contributed by atoms with van der Waals surface area (Å²) in [6, 6.07) is 8.22. The van der Waals surface area contributed by atoms with E-state index in [1.807, 2.05) is 24.3 Å². The molecule has 0 saturated carbocycles. The molecule has 3 heterocycles. The largest absolute Gasteiger partial charge is 0.497 e. The van der Waals surface area contributed by atoms with Crippen molar-refractivity contribution in [3.05, 3.63) is 36.3 Å². The van der Waals surface area contributed by atoms with E-state index in [0.717, 1.165) is 24.3 Å². The molecule has 2 saturated heterocycles. The Morgan fingerprint density at radius 1 is 1.25 bits per heavy atom. The Hall–Kier alpha value is -2.41. The van der Waals surface area contributed by atoms with E-state index < -0.39 is 5.82 Å². The van der Waals surface area contributed by atoms with Crippen LogP contribution in [0, 0.1) is 5.82 Å². The summed E-state index contributed by atoms with van der Waals surface area (Å²) >= 11 is 0. The van der Waals surface area contributed by atoms with Crippen molar-refractivity contribution in [2.45, 2.75) is 57.2 Å². The number of piperidine rings is 1. The van der Waals surface area contributed by atoms with Crippen molar-refractivity contribution in [2.24, 2.45) is 0 Å². The Morgan fingerprint density at radius 2 is 2.04 bits per heavy atom. The smallest absolute Gasteiger partial charge is 0.229 e. The predicted octanol–water partition coefficient (Wildman–Crippen LogP) is 4.19. The molecule has 0 spiro atoms. The minimum absolute atomic E-state index is 0.116. The minimum Gasteiger partial charge on any atom is -0.497 e. The van der Waals surface area contributed by atoms with E-state index in [-0.39, 0.29) is 17.4 Å². The summed E-state index contributed by atoms with van der Waals surface area (Å²) in [7, 11) is 1.63. The maximum absolute atomic E-state index is 14.4. The first-order chi connectivity index (χ1) is 13.4. The summed E-state index contributed by atoms with van der Waals surface area (Å²) in [6.07, 6.45) is 5.68. The molecule has 2 N–H and O–H groups in total. The molecule has 2 aromatic rings. The lowest BCUT2D eigenvalue weighted by Crippen LogP contribution is -2.55. The molecule has 2 atom stereocenters. The van der Waals surface area contributed by atoms with Gasteiger partial charge in [-0.1, -0.05) is 0 Å². The highest BCUT2D eigenvalue weighted by Gasteiger charge is 2.43. The van der Waals surface area contributed by atoms with Gasteiger partial charge in [0.1, 0.15) is 5.75 Å². The molecule has 0 bridgehead atoms. The van der Waals surface area contributed by atoms with Gasteiger partial charge >= 0.3 is 0 Å². The number of nitrogens with one attached hydrogen (secondary N) is 2. The Labute approximate surface area is 165 Å². The summed E-state index contributed by atoms with van der Waals surface area (Å²) in [4.78, 5) is 11.1. The number of hydrogen-bond donors (Lipinski definition) is 2. The van der Waals surface area contributed by atoms with E-state index in [2.05, 4.69) is 39.3 Å². The second-order valence-electron chi connectivity index (χ2n) is 8.33. The maximum Gasteiger partial charge on any atom is 0.229 e. The fraction of sp³-hybridized carbons (Fsp3) is 0.524. The van der Waals surface area contributed by atoms with Crippen LogP contribution in [0.3, 0.4) is 0 Å². The van der Waals surface area contributed by atoms with E-state index in [1.54, 1.807) is 7.11 Å². The van der Waals surface area contributed by atoms with Gasteiger partial charge in [0.15, 0.2) is 11.6 Å². The molecular formula is C21H28FN5O. The van der Waals surface area contributed by atoms with Crippen LogP contribution in [0.15, 0.2) is 30.5 Å². The molecule has 28 heavy (non-hydrogen) atoms. The predicted molar refractivity (Wildman–Crippen MR) is 109 cm³/mol. The van der Waals surface area contributed by atoms with Crippen molar-refractivity contribution in [3.63, 3.8) is 0 Å². The van der Waals surface area contributed by atoms with Crippen LogP contribution in [0.2, 0.25) is 0 Å². The molecule has 0 aliphatic carbocycles. The number of rotatable bonds is 5. The van der Waals surface area contributed by atoms with Crippen molar-refractivity contribution in [1.29, 1.82) is 0 Å². The van der Waals surface area contributed by atoms with E-state index in [0.29, 0.717) is 12.0 Å². The fourth-order valence-corrected chi connectivity index (χ4v) is 4.65. The number of benzene rings is 1. The Balaban J connectivity index is 1.48. The Kier molecular flexibility index (Phi) is 5.10. The normalized spacial score (nSPS) is 23.9. The summed E-state index contributed by atoms with van der Waals surface area (Å²) in [5.74, 6) is 0.977. The number of anilines is 3. The molecule has 0 amide bonds. The zero-order chi connectivity index (χ0) is 19.7. The number of halogens is 1. The quantitative estimate of drug-likeness (QED) is 0.805. The lowest BCUT2D eigenvalue weighted by Gasteiger charge is -2.47. The van der Waals surface area contributed by atoms with Gasteiger partial charge in [0.25, 0.3) is 0 Å². The molecule has 2 fully saturated rings. The third-order valence-electron chi connectivity index (χ3n) is 5.89. The first-order valence-corrected chi connectivity index (χ1v) is 9.91. The van der Waals surface area contributed by atoms with Crippen LogP contribution < -0.4 is 15.4 Å². The molecule has 2 aliphatic rings. The SMILES string of the molecule is COc1ccc(Nc2ncc(F)c(N[C@@H]3C[C@@H]4CCCN4C(C)(C)C3)n2)cc1. The third-order valence-corrected chi connectivity index (χ3v) is 5.89. The van der Waals surface area contributed by atoms with Crippen molar-refractivity contribution in [2.75, 3.05) is 24.3 Å². The highest BCUT2D eigenvalue weighted by atomic mass is 19.1. The van der Waals surface area contributed by atoms with Crippen LogP contribution in [-0.2, 0) is 0 Å². The Morgan fingerprint density at radius 3 is 2.79 bits per heavy atom. The molecule has 4 rings (SSSR count). The molecule has 6 nitrogen and oxygen atoms in total. The van der Waals surface area contributed by atoms with Gasteiger partial charge in [0.05, 0.1) is 13.3 Å². The molecule has 0 radical (unpaired) electrons. The van der Waals surface area contributed by atoms with Crippen LogP contribution in [-0.4, -0.2) is 46.1 Å². The number of aromatic nitrogens is 2. The van der Waals surface area contributed by atoms with Gasteiger partial charge in [-0.05, 0) is 70.3 Å². The van der Waals surface area contributed by atoms with Crippen molar-refractivity contribution >= 4 is 17.5 Å². The van der Waals surface area contributed by atoms with Gasteiger partial charge < -0.3 is 15.4 Å². The highest BCUT2D eigenvalue weighted by molar-refractivity contribution is 5.56. The third kappa shape index (κ3) is 3.90. The standard InChI is InChI=1S/C21H28FN5O/c1-21(2)12-15(11-16-5-4-10-27(16)21)24-19-18(22)13-23-20(26-19)25-14-6-8-17(28-3)9-7-14/h6-9,13,15-16H,4-5,10-12H2,1-3H3,(H2,23,24,25,26)/t15-,16+/m1/s1. The van der Waals surface area contributed by atoms with E-state index >= 15 is 0 Å². The molecule has 1 aromatic carbocycles. The topological polar surface area (TPSA) is 62.3 Å². The van der Waals surface area contributed by atoms with Crippen LogP contribution in [0.25, 0.3) is 0 Å². The zero-order valence-electron chi connectivity index (χ0n) is 16.7. The summed E-state index contributed by atoms with van der Waals surface area (Å²) in [5.41, 5.74) is 0.934. The van der Waals surface area contributed by atoms with Crippen molar-refractivity contribution in [3.8, 4) is 5.75 Å². The molecular weight excluding hydrogens is 357 g/mol. The van der Waals surface area contributed by atoms with Crippen LogP contribution in [0.5, 0.6) is 5.75 Å². The Bertz CT molecular complexity index is 826. The highest BCUT2D eigenvalue weighted by Crippen LogP contribution is 2.38. The summed E-state index contributed by atoms with van der Waals surface area (Å²) < 4.78 is 19.5. The summed E-state index contributed by atoms with van der Waals surface area (Å²) in [6.45, 7) is 5.74. The van der Waals surface area contributed by atoms with E-state index in [9.17, 15) is 4.39 Å². The molecule has 150 valence electrons. The minimum atomic E-state index is -0.424. The molecule has 1 aromatic heterocycles. The van der Waals surface area contributed by atoms with Gasteiger partial charge in [0.2, 0.25) is 5.95 Å². The van der Waals surface area contributed by atoms with Gasteiger partial charge in [-0.15, -0.1) is 0 Å². The average Bonchev–Trinajstić information content (AvgIpc) is 3.14. The van der Waals surface area contributed by atoms with Crippen molar-refractivity contribution < 1.29 is 9.13 Å². The molecule has 0 unspecified atom stereocenters. The number of methoxy groups -OCH3 is 1. The average molecular weight is 385 g/mol. The monoisotopic (exact) mass is 385 g/mol. The van der Waals surface area contributed by atoms with Crippen LogP contribution >= 0.6 is 0 Å². The number of ether oxygens (including phenoxy) is 1. The fourth-order valence-electron chi connectivity index (χ4n) is 4.65. The second kappa shape index (κ2) is 7.54. The van der Waals surface area contributed by atoms with E-state index in [1.165, 1.54) is 25.6 Å². The first kappa shape index (κ1) is 18.9. The van der Waals surface area contributed by atoms with Crippen LogP contribution in [0.4, 0.5) is 21.8 Å². The van der Waals surface area contributed by atoms with Gasteiger partial charge in [0, 0.05) is 23.3 Å².